The van der Waals surface area contributed by atoms with Crippen molar-refractivity contribution in [3.05, 3.63) is 40.9 Å². The van der Waals surface area contributed by atoms with E-state index in [0.717, 1.165) is 11.0 Å². The standard InChI is InChI=1S/C15H17N3O4/c1-2-7-16-13(19)9-22-14(20)8-18-10-17-12-6-4-3-5-11(12)15(18)21/h3-6,10H,2,7-9H2,1H3,(H,16,19). The second-order valence-electron chi connectivity index (χ2n) is 4.71. The lowest BCUT2D eigenvalue weighted by Gasteiger charge is -2.07. The number of hydrogen-bond acceptors (Lipinski definition) is 5. The van der Waals surface area contributed by atoms with E-state index < -0.39 is 5.97 Å². The molecule has 116 valence electrons. The number of ether oxygens (including phenoxy) is 1. The van der Waals surface area contributed by atoms with Gasteiger partial charge in [0.25, 0.3) is 11.5 Å². The summed E-state index contributed by atoms with van der Waals surface area (Å²) in [4.78, 5) is 39.3. The van der Waals surface area contributed by atoms with Gasteiger partial charge in [-0.1, -0.05) is 19.1 Å². The number of nitrogens with zero attached hydrogens (tertiary/aromatic N) is 2. The Labute approximate surface area is 126 Å². The van der Waals surface area contributed by atoms with E-state index in [-0.39, 0.29) is 24.6 Å². The Morgan fingerprint density at radius 3 is 2.86 bits per heavy atom. The molecule has 0 bridgehead atoms. The summed E-state index contributed by atoms with van der Waals surface area (Å²) in [6.07, 6.45) is 2.10. The number of hydrogen-bond donors (Lipinski definition) is 1. The number of aromatic nitrogens is 2. The number of carbonyl (C=O) groups is 2. The van der Waals surface area contributed by atoms with Gasteiger partial charge < -0.3 is 10.1 Å². The topological polar surface area (TPSA) is 90.3 Å². The van der Waals surface area contributed by atoms with Crippen LogP contribution in [0.4, 0.5) is 0 Å². The molecule has 0 aliphatic heterocycles. The van der Waals surface area contributed by atoms with Gasteiger partial charge >= 0.3 is 5.97 Å². The van der Waals surface area contributed by atoms with Crippen LogP contribution in [-0.2, 0) is 20.9 Å². The van der Waals surface area contributed by atoms with E-state index in [2.05, 4.69) is 10.3 Å². The molecule has 7 nitrogen and oxygen atoms in total. The van der Waals surface area contributed by atoms with Crippen LogP contribution in [0.15, 0.2) is 35.4 Å². The number of carbonyl (C=O) groups excluding carboxylic acids is 2. The summed E-state index contributed by atoms with van der Waals surface area (Å²) in [5, 5.41) is 3.02. The van der Waals surface area contributed by atoms with Gasteiger partial charge in [0.05, 0.1) is 17.2 Å². The van der Waals surface area contributed by atoms with Crippen LogP contribution < -0.4 is 10.9 Å². The zero-order valence-corrected chi connectivity index (χ0v) is 12.2. The first-order valence-corrected chi connectivity index (χ1v) is 6.98. The lowest BCUT2D eigenvalue weighted by molar-refractivity contribution is -0.149. The van der Waals surface area contributed by atoms with Crippen molar-refractivity contribution in [3.8, 4) is 0 Å². The molecule has 0 saturated carbocycles. The van der Waals surface area contributed by atoms with Crippen LogP contribution in [0.3, 0.4) is 0 Å². The molecule has 1 amide bonds. The van der Waals surface area contributed by atoms with Crippen molar-refractivity contribution >= 4 is 22.8 Å². The van der Waals surface area contributed by atoms with Crippen LogP contribution in [0.5, 0.6) is 0 Å². The Hall–Kier alpha value is -2.70. The van der Waals surface area contributed by atoms with Gasteiger partial charge in [-0.2, -0.15) is 0 Å². The maximum absolute atomic E-state index is 12.2. The first kappa shape index (κ1) is 15.7. The minimum Gasteiger partial charge on any atom is -0.454 e. The molecule has 0 aliphatic rings. The zero-order chi connectivity index (χ0) is 15.9. The van der Waals surface area contributed by atoms with Gasteiger partial charge in [0.2, 0.25) is 0 Å². The monoisotopic (exact) mass is 303 g/mol. The van der Waals surface area contributed by atoms with Gasteiger partial charge in [-0.3, -0.25) is 19.0 Å². The molecule has 1 heterocycles. The molecule has 1 aromatic carbocycles. The van der Waals surface area contributed by atoms with Gasteiger partial charge in [0, 0.05) is 6.54 Å². The van der Waals surface area contributed by atoms with Gasteiger partial charge in [0.15, 0.2) is 6.61 Å². The van der Waals surface area contributed by atoms with E-state index in [1.807, 2.05) is 6.92 Å². The minimum absolute atomic E-state index is 0.280. The fourth-order valence-electron chi connectivity index (χ4n) is 1.86. The average Bonchev–Trinajstić information content (AvgIpc) is 2.54. The maximum atomic E-state index is 12.2. The Balaban J connectivity index is 1.99. The normalized spacial score (nSPS) is 10.4. The van der Waals surface area contributed by atoms with Crippen molar-refractivity contribution in [3.63, 3.8) is 0 Å². The maximum Gasteiger partial charge on any atom is 0.326 e. The second kappa shape index (κ2) is 7.35. The van der Waals surface area contributed by atoms with Crippen molar-refractivity contribution in [1.29, 1.82) is 0 Å². The Bertz CT molecular complexity index is 739. The number of esters is 1. The van der Waals surface area contributed by atoms with E-state index >= 15 is 0 Å². The molecule has 0 atom stereocenters. The highest BCUT2D eigenvalue weighted by atomic mass is 16.5. The second-order valence-corrected chi connectivity index (χ2v) is 4.71. The predicted molar refractivity (Wildman–Crippen MR) is 80.3 cm³/mol. The van der Waals surface area contributed by atoms with Gasteiger partial charge in [-0.05, 0) is 18.6 Å². The molecule has 0 spiro atoms. The van der Waals surface area contributed by atoms with Crippen LogP contribution in [0.25, 0.3) is 10.9 Å². The van der Waals surface area contributed by atoms with Gasteiger partial charge in [0.1, 0.15) is 6.54 Å². The fraction of sp³-hybridized carbons (Fsp3) is 0.333. The van der Waals surface area contributed by atoms with Crippen LogP contribution in [0.1, 0.15) is 13.3 Å². The highest BCUT2D eigenvalue weighted by molar-refractivity contribution is 5.80. The highest BCUT2D eigenvalue weighted by Crippen LogP contribution is 2.04. The number of nitrogens with one attached hydrogen (secondary N) is 1. The fourth-order valence-corrected chi connectivity index (χ4v) is 1.86. The van der Waals surface area contributed by atoms with Crippen LogP contribution in [0.2, 0.25) is 0 Å². The summed E-state index contributed by atoms with van der Waals surface area (Å²) in [6.45, 7) is 1.82. The summed E-state index contributed by atoms with van der Waals surface area (Å²) in [7, 11) is 0. The van der Waals surface area contributed by atoms with E-state index in [1.54, 1.807) is 24.3 Å². The summed E-state index contributed by atoms with van der Waals surface area (Å²) in [5.74, 6) is -1.02. The van der Waals surface area contributed by atoms with E-state index in [4.69, 9.17) is 4.74 Å². The summed E-state index contributed by atoms with van der Waals surface area (Å²) in [5.41, 5.74) is 0.244. The Morgan fingerprint density at radius 2 is 2.09 bits per heavy atom. The largest absolute Gasteiger partial charge is 0.454 e. The van der Waals surface area contributed by atoms with E-state index in [1.165, 1.54) is 6.33 Å². The molecular weight excluding hydrogens is 286 g/mol. The molecule has 2 rings (SSSR count). The van der Waals surface area contributed by atoms with Crippen molar-refractivity contribution in [2.45, 2.75) is 19.9 Å². The van der Waals surface area contributed by atoms with Crippen molar-refractivity contribution in [2.24, 2.45) is 0 Å². The van der Waals surface area contributed by atoms with Gasteiger partial charge in [-0.25, -0.2) is 4.98 Å². The van der Waals surface area contributed by atoms with Crippen molar-refractivity contribution in [2.75, 3.05) is 13.2 Å². The molecule has 0 aliphatic carbocycles. The molecule has 0 radical (unpaired) electrons. The lowest BCUT2D eigenvalue weighted by atomic mass is 10.2. The van der Waals surface area contributed by atoms with E-state index in [9.17, 15) is 14.4 Å². The first-order valence-electron chi connectivity index (χ1n) is 6.98. The van der Waals surface area contributed by atoms with E-state index in [0.29, 0.717) is 17.4 Å². The third kappa shape index (κ3) is 3.91. The molecule has 1 aromatic heterocycles. The third-order valence-electron chi connectivity index (χ3n) is 2.97. The quantitative estimate of drug-likeness (QED) is 0.783. The number of amides is 1. The first-order chi connectivity index (χ1) is 10.6. The summed E-state index contributed by atoms with van der Waals surface area (Å²) >= 11 is 0. The summed E-state index contributed by atoms with van der Waals surface area (Å²) in [6, 6.07) is 6.87. The van der Waals surface area contributed by atoms with Crippen LogP contribution in [0, 0.1) is 0 Å². The van der Waals surface area contributed by atoms with Crippen molar-refractivity contribution in [1.82, 2.24) is 14.9 Å². The zero-order valence-electron chi connectivity index (χ0n) is 12.2. The molecule has 0 fully saturated rings. The Kier molecular flexibility index (Phi) is 5.24. The molecule has 0 saturated heterocycles. The molecule has 0 unspecified atom stereocenters. The molecule has 2 aromatic rings. The molecular formula is C15H17N3O4. The highest BCUT2D eigenvalue weighted by Gasteiger charge is 2.10. The third-order valence-corrected chi connectivity index (χ3v) is 2.97. The number of rotatable bonds is 6. The van der Waals surface area contributed by atoms with Gasteiger partial charge in [-0.15, -0.1) is 0 Å². The SMILES string of the molecule is CCCNC(=O)COC(=O)Cn1cnc2ccccc2c1=O. The Morgan fingerprint density at radius 1 is 1.32 bits per heavy atom. The molecule has 7 heteroatoms. The summed E-state index contributed by atoms with van der Waals surface area (Å²) < 4.78 is 5.99. The molecule has 1 N–H and O–H groups in total. The minimum atomic E-state index is -0.661. The van der Waals surface area contributed by atoms with Crippen LogP contribution in [-0.4, -0.2) is 34.6 Å². The predicted octanol–water partition coefficient (Wildman–Crippen LogP) is 0.466. The molecule has 22 heavy (non-hydrogen) atoms. The lowest BCUT2D eigenvalue weighted by Crippen LogP contribution is -2.31. The average molecular weight is 303 g/mol. The number of para-hydroxylation sites is 1. The van der Waals surface area contributed by atoms with Crippen LogP contribution >= 0.6 is 0 Å². The smallest absolute Gasteiger partial charge is 0.326 e. The van der Waals surface area contributed by atoms with Crippen molar-refractivity contribution < 1.29 is 14.3 Å². The number of benzene rings is 1. The number of fused-ring (bicyclic) bond motifs is 1.